The van der Waals surface area contributed by atoms with E-state index in [4.69, 9.17) is 4.74 Å². The first-order valence-electron chi connectivity index (χ1n) is 11.2. The van der Waals surface area contributed by atoms with Gasteiger partial charge in [0.2, 0.25) is 0 Å². The Labute approximate surface area is 204 Å². The van der Waals surface area contributed by atoms with E-state index in [0.29, 0.717) is 0 Å². The molecule has 3 aromatic rings. The molecule has 4 rings (SSSR count). The summed E-state index contributed by atoms with van der Waals surface area (Å²) in [6, 6.07) is 11.8. The first-order valence-corrected chi connectivity index (χ1v) is 11.2. The number of alkyl halides is 4. The number of fused-ring (bicyclic) bond motifs is 3. The fraction of sp³-hybridized carbons (Fsp3) is 0.296. The number of carbonyl (C=O) groups excluding carboxylic acids is 1. The summed E-state index contributed by atoms with van der Waals surface area (Å²) in [5.74, 6) is -14.3. The van der Waals surface area contributed by atoms with Gasteiger partial charge in [-0.1, -0.05) is 37.6 Å². The number of halogens is 6. The van der Waals surface area contributed by atoms with Crippen molar-refractivity contribution in [1.82, 2.24) is 0 Å². The molecule has 9 heteroatoms. The molecule has 3 aromatic carbocycles. The number of aryl methyl sites for hydroxylation is 1. The largest absolute Gasteiger partial charge is 0.494 e. The lowest BCUT2D eigenvalue weighted by atomic mass is 9.79. The molecule has 3 nitrogen and oxygen atoms in total. The van der Waals surface area contributed by atoms with Crippen LogP contribution in [0.2, 0.25) is 0 Å². The highest BCUT2D eigenvalue weighted by Gasteiger charge is 2.65. The van der Waals surface area contributed by atoms with Crippen LogP contribution in [0.1, 0.15) is 47.3 Å². The van der Waals surface area contributed by atoms with Gasteiger partial charge in [-0.2, -0.15) is 17.6 Å². The van der Waals surface area contributed by atoms with Crippen LogP contribution in [0.3, 0.4) is 0 Å². The smallest absolute Gasteiger partial charge is 0.343 e. The molecule has 0 saturated carbocycles. The third-order valence-electron chi connectivity index (χ3n) is 5.70. The Balaban J connectivity index is 0.000000275. The predicted octanol–water partition coefficient (Wildman–Crippen LogP) is 7.69. The molecule has 1 aliphatic carbocycles. The molecule has 0 saturated heterocycles. The summed E-state index contributed by atoms with van der Waals surface area (Å²) in [6.07, 6.45) is 3.12. The maximum atomic E-state index is 14.5. The summed E-state index contributed by atoms with van der Waals surface area (Å²) >= 11 is 0. The molecule has 0 radical (unpaired) electrons. The van der Waals surface area contributed by atoms with Gasteiger partial charge in [0.1, 0.15) is 6.29 Å². The van der Waals surface area contributed by atoms with E-state index in [1.165, 1.54) is 12.5 Å². The molecule has 0 spiro atoms. The zero-order valence-corrected chi connectivity index (χ0v) is 19.8. The molecule has 0 aliphatic heterocycles. The second-order valence-corrected chi connectivity index (χ2v) is 8.00. The minimum atomic E-state index is -4.97. The third-order valence-corrected chi connectivity index (χ3v) is 5.70. The molecular formula is C27H24F6O3. The minimum Gasteiger partial charge on any atom is -0.494 e. The van der Waals surface area contributed by atoms with Crippen molar-refractivity contribution in [3.8, 4) is 22.6 Å². The Morgan fingerprint density at radius 1 is 0.778 bits per heavy atom. The van der Waals surface area contributed by atoms with Gasteiger partial charge in [-0.15, -0.1) is 0 Å². The van der Waals surface area contributed by atoms with Crippen molar-refractivity contribution in [1.29, 1.82) is 0 Å². The quantitative estimate of drug-likeness (QED) is 0.252. The zero-order valence-electron chi connectivity index (χ0n) is 19.8. The van der Waals surface area contributed by atoms with Crippen LogP contribution >= 0.6 is 0 Å². The van der Waals surface area contributed by atoms with E-state index in [2.05, 4.69) is 11.7 Å². The normalized spacial score (nSPS) is 14.6. The summed E-state index contributed by atoms with van der Waals surface area (Å²) in [4.78, 5) is 10.3. The number of aldehydes is 1. The minimum absolute atomic E-state index is 0.0416. The Hall–Kier alpha value is -3.49. The van der Waals surface area contributed by atoms with E-state index in [1.807, 2.05) is 24.3 Å². The van der Waals surface area contributed by atoms with Crippen LogP contribution in [-0.2, 0) is 18.3 Å². The lowest BCUT2D eigenvalue weighted by Crippen LogP contribution is -2.41. The third kappa shape index (κ3) is 4.66. The number of carbonyl (C=O) groups is 1. The molecule has 0 heterocycles. The van der Waals surface area contributed by atoms with Crippen molar-refractivity contribution in [2.45, 2.75) is 38.5 Å². The fourth-order valence-electron chi connectivity index (χ4n) is 3.97. The van der Waals surface area contributed by atoms with E-state index >= 15 is 0 Å². The standard InChI is InChI=1S/C17H12F6O2.C10H12O/c1-3-25-11-7-5-9-8-4-6-10(24-2)14(18)12(8)16(20,21)17(22,23)13(9)15(11)19;1-2-3-9-4-6-10(8-11)7-5-9/h4-7H,3H2,1-2H3;4-8H,2-3H2,1H3. The van der Waals surface area contributed by atoms with Crippen LogP contribution in [-0.4, -0.2) is 20.0 Å². The van der Waals surface area contributed by atoms with Crippen LogP contribution < -0.4 is 9.47 Å². The molecular weight excluding hydrogens is 486 g/mol. The maximum Gasteiger partial charge on any atom is 0.343 e. The van der Waals surface area contributed by atoms with Gasteiger partial charge in [-0.3, -0.25) is 4.79 Å². The summed E-state index contributed by atoms with van der Waals surface area (Å²) in [5, 5.41) is 0. The second-order valence-electron chi connectivity index (χ2n) is 8.00. The fourth-order valence-corrected chi connectivity index (χ4v) is 3.97. The highest BCUT2D eigenvalue weighted by Crippen LogP contribution is 2.60. The van der Waals surface area contributed by atoms with Crippen LogP contribution in [0.25, 0.3) is 11.1 Å². The molecule has 0 bridgehead atoms. The number of rotatable bonds is 6. The van der Waals surface area contributed by atoms with Gasteiger partial charge in [0.05, 0.1) is 24.8 Å². The van der Waals surface area contributed by atoms with Crippen molar-refractivity contribution >= 4 is 6.29 Å². The average Bonchev–Trinajstić information content (AvgIpc) is 2.85. The van der Waals surface area contributed by atoms with Crippen molar-refractivity contribution in [3.05, 3.63) is 82.4 Å². The molecule has 0 N–H and O–H groups in total. The van der Waals surface area contributed by atoms with E-state index in [1.54, 1.807) is 0 Å². The van der Waals surface area contributed by atoms with E-state index < -0.39 is 57.2 Å². The molecule has 0 amide bonds. The Bertz CT molecular complexity index is 1240. The van der Waals surface area contributed by atoms with E-state index in [-0.39, 0.29) is 6.61 Å². The van der Waals surface area contributed by atoms with Gasteiger partial charge in [0, 0.05) is 5.56 Å². The number of methoxy groups -OCH3 is 1. The summed E-state index contributed by atoms with van der Waals surface area (Å²) < 4.78 is 96.2. The highest BCUT2D eigenvalue weighted by molar-refractivity contribution is 5.78. The first-order chi connectivity index (χ1) is 17.0. The lowest BCUT2D eigenvalue weighted by Gasteiger charge is -2.35. The first kappa shape index (κ1) is 27.1. The summed E-state index contributed by atoms with van der Waals surface area (Å²) in [5.41, 5.74) is -2.02. The average molecular weight is 510 g/mol. The van der Waals surface area contributed by atoms with Gasteiger partial charge < -0.3 is 9.47 Å². The molecule has 0 aromatic heterocycles. The Kier molecular flexibility index (Phi) is 8.01. The summed E-state index contributed by atoms with van der Waals surface area (Å²) in [6.45, 7) is 3.59. The molecule has 0 atom stereocenters. The number of benzene rings is 3. The van der Waals surface area contributed by atoms with Gasteiger partial charge in [0.25, 0.3) is 0 Å². The van der Waals surface area contributed by atoms with Crippen molar-refractivity contribution in [2.24, 2.45) is 0 Å². The molecule has 192 valence electrons. The molecule has 0 fully saturated rings. The monoisotopic (exact) mass is 510 g/mol. The molecule has 36 heavy (non-hydrogen) atoms. The number of ether oxygens (including phenoxy) is 2. The SMILES string of the molecule is CCCc1ccc(C=O)cc1.CCOc1ccc2c(c1F)C(F)(F)C(F)(F)c1c-2ccc(OC)c1F. The molecule has 1 aliphatic rings. The van der Waals surface area contributed by atoms with Crippen molar-refractivity contribution < 1.29 is 40.6 Å². The topological polar surface area (TPSA) is 35.5 Å². The Morgan fingerprint density at radius 3 is 1.72 bits per heavy atom. The van der Waals surface area contributed by atoms with Crippen LogP contribution in [0, 0.1) is 11.6 Å². The van der Waals surface area contributed by atoms with Crippen LogP contribution in [0.15, 0.2) is 48.5 Å². The van der Waals surface area contributed by atoms with E-state index in [0.717, 1.165) is 56.1 Å². The van der Waals surface area contributed by atoms with Gasteiger partial charge >= 0.3 is 11.8 Å². The van der Waals surface area contributed by atoms with Crippen molar-refractivity contribution in [3.63, 3.8) is 0 Å². The number of hydrogen-bond acceptors (Lipinski definition) is 3. The second kappa shape index (κ2) is 10.6. The predicted molar refractivity (Wildman–Crippen MR) is 123 cm³/mol. The van der Waals surface area contributed by atoms with E-state index in [9.17, 15) is 31.1 Å². The Morgan fingerprint density at radius 2 is 1.28 bits per heavy atom. The van der Waals surface area contributed by atoms with Crippen molar-refractivity contribution in [2.75, 3.05) is 13.7 Å². The van der Waals surface area contributed by atoms with Gasteiger partial charge in [0.15, 0.2) is 23.1 Å². The van der Waals surface area contributed by atoms with Crippen LogP contribution in [0.5, 0.6) is 11.5 Å². The zero-order chi connectivity index (χ0) is 26.7. The summed E-state index contributed by atoms with van der Waals surface area (Å²) in [7, 11) is 1.02. The maximum absolute atomic E-state index is 14.5. The lowest BCUT2D eigenvalue weighted by molar-refractivity contribution is -0.228. The van der Waals surface area contributed by atoms with Gasteiger partial charge in [-0.25, -0.2) is 8.78 Å². The number of hydrogen-bond donors (Lipinski definition) is 0. The van der Waals surface area contributed by atoms with Gasteiger partial charge in [-0.05, 0) is 54.3 Å². The van der Waals surface area contributed by atoms with Crippen LogP contribution in [0.4, 0.5) is 26.3 Å². The molecule has 0 unspecified atom stereocenters. The highest BCUT2D eigenvalue weighted by atomic mass is 19.3.